The number of H-pyrrole nitrogens is 2. The fourth-order valence-electron chi connectivity index (χ4n) is 2.64. The molecule has 3 heterocycles. The van der Waals surface area contributed by atoms with Gasteiger partial charge in [-0.2, -0.15) is 0 Å². The van der Waals surface area contributed by atoms with E-state index in [-0.39, 0.29) is 18.5 Å². The van der Waals surface area contributed by atoms with Gasteiger partial charge in [0.15, 0.2) is 0 Å². The van der Waals surface area contributed by atoms with Gasteiger partial charge in [0.2, 0.25) is 5.95 Å². The third-order valence-electron chi connectivity index (χ3n) is 4.01. The number of nitrogens with one attached hydrogen (secondary N) is 3. The van der Waals surface area contributed by atoms with Crippen molar-refractivity contribution in [1.82, 2.24) is 19.9 Å². The fraction of sp³-hybridized carbons (Fsp3) is 0.150. The Labute approximate surface area is 170 Å². The summed E-state index contributed by atoms with van der Waals surface area (Å²) in [5.41, 5.74) is 3.09. The van der Waals surface area contributed by atoms with E-state index < -0.39 is 5.97 Å². The van der Waals surface area contributed by atoms with E-state index in [9.17, 15) is 9.59 Å². The van der Waals surface area contributed by atoms with Crippen molar-refractivity contribution < 1.29 is 19.8 Å². The first-order valence-electron chi connectivity index (χ1n) is 8.89. The largest absolute Gasteiger partial charge is 0.483 e. The van der Waals surface area contributed by atoms with Crippen LogP contribution in [0.5, 0.6) is 0 Å². The molecule has 156 valence electrons. The van der Waals surface area contributed by atoms with E-state index in [1.54, 1.807) is 26.4 Å². The molecule has 5 N–H and O–H groups in total. The van der Waals surface area contributed by atoms with Crippen LogP contribution in [0.3, 0.4) is 0 Å². The molecule has 0 unspecified atom stereocenters. The maximum absolute atomic E-state index is 12.0. The third-order valence-corrected chi connectivity index (χ3v) is 4.01. The fourth-order valence-corrected chi connectivity index (χ4v) is 2.64. The SMILES string of the molecule is CCC(=O)O.CNc1nccc(-c2ccc3[nH]c(=O)c4[nH]ccc4c3c2)n1.O=CO. The minimum absolute atomic E-state index is 0.111. The summed E-state index contributed by atoms with van der Waals surface area (Å²) in [6, 6.07) is 9.65. The van der Waals surface area contributed by atoms with Crippen LogP contribution in [-0.4, -0.2) is 49.6 Å². The van der Waals surface area contributed by atoms with Gasteiger partial charge >= 0.3 is 5.97 Å². The second-order valence-corrected chi connectivity index (χ2v) is 5.85. The Hall–Kier alpha value is -4.21. The number of aromatic amines is 2. The second-order valence-electron chi connectivity index (χ2n) is 5.85. The minimum Gasteiger partial charge on any atom is -0.483 e. The number of fused-ring (bicyclic) bond motifs is 3. The molecule has 30 heavy (non-hydrogen) atoms. The molecule has 0 saturated carbocycles. The van der Waals surface area contributed by atoms with Crippen molar-refractivity contribution >= 4 is 40.2 Å². The van der Waals surface area contributed by atoms with Crippen LogP contribution in [0.1, 0.15) is 13.3 Å². The molecule has 4 aromatic rings. The molecule has 10 nitrogen and oxygen atoms in total. The van der Waals surface area contributed by atoms with Gasteiger partial charge in [-0.3, -0.25) is 14.4 Å². The number of carboxylic acid groups (broad SMARTS) is 2. The van der Waals surface area contributed by atoms with Gasteiger partial charge in [0, 0.05) is 47.7 Å². The van der Waals surface area contributed by atoms with Gasteiger partial charge < -0.3 is 25.5 Å². The van der Waals surface area contributed by atoms with Crippen LogP contribution in [0.4, 0.5) is 5.95 Å². The average molecular weight is 411 g/mol. The lowest BCUT2D eigenvalue weighted by atomic mass is 10.1. The van der Waals surface area contributed by atoms with E-state index in [4.69, 9.17) is 15.0 Å². The van der Waals surface area contributed by atoms with E-state index in [0.29, 0.717) is 11.5 Å². The van der Waals surface area contributed by atoms with Gasteiger partial charge in [0.25, 0.3) is 12.0 Å². The van der Waals surface area contributed by atoms with Crippen LogP contribution in [0, 0.1) is 0 Å². The molecule has 10 heteroatoms. The molecule has 0 aliphatic carbocycles. The quantitative estimate of drug-likeness (QED) is 0.321. The number of hydrogen-bond acceptors (Lipinski definition) is 6. The summed E-state index contributed by atoms with van der Waals surface area (Å²) in [5.74, 6) is -0.171. The van der Waals surface area contributed by atoms with Crippen molar-refractivity contribution in [3.05, 3.63) is 53.1 Å². The highest BCUT2D eigenvalue weighted by Crippen LogP contribution is 2.26. The van der Waals surface area contributed by atoms with Gasteiger partial charge in [-0.05, 0) is 24.3 Å². The summed E-state index contributed by atoms with van der Waals surface area (Å²) >= 11 is 0. The summed E-state index contributed by atoms with van der Waals surface area (Å²) in [4.78, 5) is 44.1. The maximum Gasteiger partial charge on any atom is 0.303 e. The van der Waals surface area contributed by atoms with Crippen molar-refractivity contribution in [2.75, 3.05) is 12.4 Å². The van der Waals surface area contributed by atoms with Gasteiger partial charge in [-0.1, -0.05) is 13.0 Å². The van der Waals surface area contributed by atoms with Crippen LogP contribution < -0.4 is 10.9 Å². The molecule has 0 spiro atoms. The molecule has 0 fully saturated rings. The molecule has 4 rings (SSSR count). The van der Waals surface area contributed by atoms with Gasteiger partial charge in [0.1, 0.15) is 5.52 Å². The number of carboxylic acids is 1. The lowest BCUT2D eigenvalue weighted by Crippen LogP contribution is -2.06. The number of aliphatic carboxylic acids is 1. The Morgan fingerprint density at radius 1 is 1.23 bits per heavy atom. The number of pyridine rings is 1. The molecule has 0 aliphatic heterocycles. The number of anilines is 1. The van der Waals surface area contributed by atoms with Gasteiger partial charge in [-0.25, -0.2) is 9.97 Å². The van der Waals surface area contributed by atoms with Gasteiger partial charge in [-0.15, -0.1) is 0 Å². The molecule has 3 aromatic heterocycles. The zero-order valence-electron chi connectivity index (χ0n) is 16.3. The number of carbonyl (C=O) groups is 2. The number of hydrogen-bond donors (Lipinski definition) is 5. The molecule has 0 aliphatic rings. The van der Waals surface area contributed by atoms with Crippen LogP contribution in [0.15, 0.2) is 47.5 Å². The summed E-state index contributed by atoms with van der Waals surface area (Å²) < 4.78 is 0. The highest BCUT2D eigenvalue weighted by molar-refractivity contribution is 6.05. The third kappa shape index (κ3) is 5.19. The van der Waals surface area contributed by atoms with Crippen LogP contribution in [0.2, 0.25) is 0 Å². The molecular weight excluding hydrogens is 390 g/mol. The summed E-state index contributed by atoms with van der Waals surface area (Å²) in [6.45, 7) is 1.35. The average Bonchev–Trinajstić information content (AvgIpc) is 3.26. The van der Waals surface area contributed by atoms with Crippen LogP contribution in [-0.2, 0) is 9.59 Å². The summed E-state index contributed by atoms with van der Waals surface area (Å²) in [7, 11) is 1.79. The number of aromatic nitrogens is 4. The predicted molar refractivity (Wildman–Crippen MR) is 114 cm³/mol. The molecule has 0 radical (unpaired) electrons. The predicted octanol–water partition coefficient (Wildman–Crippen LogP) is 2.69. The maximum atomic E-state index is 12.0. The molecular formula is C20H21N5O5. The highest BCUT2D eigenvalue weighted by Gasteiger charge is 2.08. The van der Waals surface area contributed by atoms with E-state index in [1.165, 1.54) is 0 Å². The van der Waals surface area contributed by atoms with Crippen LogP contribution in [0.25, 0.3) is 33.1 Å². The van der Waals surface area contributed by atoms with Crippen molar-refractivity contribution in [1.29, 1.82) is 0 Å². The molecule has 0 amide bonds. The standard InChI is InChI=1S/C16H13N5O.C3H6O2.CH2O2/c1-17-16-19-7-5-12(21-16)9-2-3-13-11(8-9)10-4-6-18-14(10)15(22)20-13;1-2-3(4)5;2-1-3/h2-8,18H,1H3,(H,20,22)(H,17,19,21);2H2,1H3,(H,4,5);1H,(H,2,3). The van der Waals surface area contributed by atoms with Crippen molar-refractivity contribution in [2.45, 2.75) is 13.3 Å². The number of rotatable bonds is 3. The Morgan fingerprint density at radius 2 is 1.93 bits per heavy atom. The first-order valence-corrected chi connectivity index (χ1v) is 8.89. The Bertz CT molecular complexity index is 1220. The van der Waals surface area contributed by atoms with Crippen LogP contribution >= 0.6 is 0 Å². The topological polar surface area (TPSA) is 161 Å². The van der Waals surface area contributed by atoms with E-state index in [2.05, 4.69) is 25.3 Å². The van der Waals surface area contributed by atoms with Crippen molar-refractivity contribution in [3.63, 3.8) is 0 Å². The van der Waals surface area contributed by atoms with E-state index in [1.807, 2.05) is 30.3 Å². The smallest absolute Gasteiger partial charge is 0.303 e. The summed E-state index contributed by atoms with van der Waals surface area (Å²) in [6.07, 6.45) is 3.72. The Morgan fingerprint density at radius 3 is 2.57 bits per heavy atom. The first kappa shape index (κ1) is 22.1. The number of nitrogens with zero attached hydrogens (tertiary/aromatic N) is 2. The molecule has 1 aromatic carbocycles. The number of benzene rings is 1. The molecule has 0 bridgehead atoms. The lowest BCUT2D eigenvalue weighted by Gasteiger charge is -2.06. The molecule has 0 atom stereocenters. The second kappa shape index (κ2) is 10.4. The zero-order valence-corrected chi connectivity index (χ0v) is 16.3. The first-order chi connectivity index (χ1) is 14.4. The normalized spacial score (nSPS) is 9.80. The summed E-state index contributed by atoms with van der Waals surface area (Å²) in [5, 5.41) is 19.4. The monoisotopic (exact) mass is 411 g/mol. The van der Waals surface area contributed by atoms with Gasteiger partial charge in [0.05, 0.1) is 5.69 Å². The Balaban J connectivity index is 0.000000347. The van der Waals surface area contributed by atoms with Crippen molar-refractivity contribution in [2.24, 2.45) is 0 Å². The zero-order chi connectivity index (χ0) is 22.1. The molecule has 0 saturated heterocycles. The minimum atomic E-state index is -0.745. The van der Waals surface area contributed by atoms with E-state index >= 15 is 0 Å². The lowest BCUT2D eigenvalue weighted by molar-refractivity contribution is -0.136. The van der Waals surface area contributed by atoms with Crippen molar-refractivity contribution in [3.8, 4) is 11.3 Å². The van der Waals surface area contributed by atoms with E-state index in [0.717, 1.165) is 27.5 Å². The Kier molecular flexibility index (Phi) is 7.63. The highest BCUT2D eigenvalue weighted by atomic mass is 16.4.